The number of carbonyl (C=O) groups is 1. The van der Waals surface area contributed by atoms with Crippen LogP contribution in [0.15, 0.2) is 12.1 Å². The first kappa shape index (κ1) is 15.1. The largest absolute Gasteiger partial charge is 0.496 e. The van der Waals surface area contributed by atoms with E-state index in [-0.39, 0.29) is 6.42 Å². The van der Waals surface area contributed by atoms with Gasteiger partial charge in [0.15, 0.2) is 0 Å². The molecule has 0 spiro atoms. The van der Waals surface area contributed by atoms with Gasteiger partial charge in [0.1, 0.15) is 17.5 Å². The minimum atomic E-state index is -1.04. The molecule has 0 saturated heterocycles. The number of methoxy groups -OCH3 is 2. The monoisotopic (exact) mass is 268 g/mol. The molecule has 0 aliphatic rings. The standard InChI is InChI=1S/C13H20N2O4/c1-15(2)10-7-11(18-3)8(6-12(10)19-4)5-9(14)13(16)17/h6-7,9H,5,14H2,1-4H3,(H,16,17). The third-order valence-electron chi connectivity index (χ3n) is 2.82. The fourth-order valence-electron chi connectivity index (χ4n) is 1.78. The predicted octanol–water partition coefficient (Wildman–Crippen LogP) is 0.724. The van der Waals surface area contributed by atoms with Gasteiger partial charge in [0.05, 0.1) is 19.9 Å². The van der Waals surface area contributed by atoms with Crippen LogP contribution in [0.1, 0.15) is 5.56 Å². The first-order valence-electron chi connectivity index (χ1n) is 5.81. The van der Waals surface area contributed by atoms with Crippen LogP contribution in [0.2, 0.25) is 0 Å². The van der Waals surface area contributed by atoms with E-state index in [1.165, 1.54) is 7.11 Å². The lowest BCUT2D eigenvalue weighted by Gasteiger charge is -2.20. The second kappa shape index (κ2) is 6.29. The Kier molecular flexibility index (Phi) is 5.00. The van der Waals surface area contributed by atoms with Crippen molar-refractivity contribution in [1.29, 1.82) is 0 Å². The number of rotatable bonds is 6. The molecular formula is C13H20N2O4. The number of anilines is 1. The van der Waals surface area contributed by atoms with E-state index in [4.69, 9.17) is 20.3 Å². The topological polar surface area (TPSA) is 85.0 Å². The van der Waals surface area contributed by atoms with Crippen molar-refractivity contribution in [3.8, 4) is 11.5 Å². The van der Waals surface area contributed by atoms with Crippen LogP contribution >= 0.6 is 0 Å². The molecule has 0 fully saturated rings. The van der Waals surface area contributed by atoms with Crippen LogP contribution in [0, 0.1) is 0 Å². The zero-order valence-corrected chi connectivity index (χ0v) is 11.6. The van der Waals surface area contributed by atoms with Crippen molar-refractivity contribution >= 4 is 11.7 Å². The third-order valence-corrected chi connectivity index (χ3v) is 2.82. The number of carboxylic acid groups (broad SMARTS) is 1. The highest BCUT2D eigenvalue weighted by Crippen LogP contribution is 2.34. The summed E-state index contributed by atoms with van der Waals surface area (Å²) in [6.07, 6.45) is 0.183. The second-order valence-electron chi connectivity index (χ2n) is 4.38. The van der Waals surface area contributed by atoms with Crippen molar-refractivity contribution in [3.05, 3.63) is 17.7 Å². The SMILES string of the molecule is COc1cc(N(C)C)c(OC)cc1CC(N)C(=O)O. The number of hydrogen-bond acceptors (Lipinski definition) is 5. The van der Waals surface area contributed by atoms with Gasteiger partial charge in [-0.05, 0) is 6.07 Å². The van der Waals surface area contributed by atoms with Gasteiger partial charge in [0.2, 0.25) is 0 Å². The van der Waals surface area contributed by atoms with E-state index in [2.05, 4.69) is 0 Å². The van der Waals surface area contributed by atoms with Crippen LogP contribution in [-0.2, 0) is 11.2 Å². The van der Waals surface area contributed by atoms with E-state index in [9.17, 15) is 4.79 Å². The molecule has 6 heteroatoms. The lowest BCUT2D eigenvalue weighted by Crippen LogP contribution is -2.32. The smallest absolute Gasteiger partial charge is 0.320 e. The summed E-state index contributed by atoms with van der Waals surface area (Å²) in [5, 5.41) is 8.87. The number of nitrogens with two attached hydrogens (primary N) is 1. The van der Waals surface area contributed by atoms with Crippen molar-refractivity contribution in [2.24, 2.45) is 5.73 Å². The maximum Gasteiger partial charge on any atom is 0.320 e. The molecule has 0 radical (unpaired) electrons. The maximum atomic E-state index is 10.8. The average Bonchev–Trinajstić information content (AvgIpc) is 2.37. The highest BCUT2D eigenvalue weighted by molar-refractivity contribution is 5.74. The van der Waals surface area contributed by atoms with Crippen molar-refractivity contribution in [2.45, 2.75) is 12.5 Å². The number of carboxylic acids is 1. The first-order valence-corrected chi connectivity index (χ1v) is 5.81. The molecule has 0 aliphatic carbocycles. The predicted molar refractivity (Wildman–Crippen MR) is 73.2 cm³/mol. The van der Waals surface area contributed by atoms with Gasteiger partial charge in [-0.25, -0.2) is 0 Å². The molecule has 6 nitrogen and oxygen atoms in total. The zero-order chi connectivity index (χ0) is 14.6. The van der Waals surface area contributed by atoms with Crippen molar-refractivity contribution in [2.75, 3.05) is 33.2 Å². The number of ether oxygens (including phenoxy) is 2. The summed E-state index contributed by atoms with van der Waals surface area (Å²) in [7, 11) is 6.88. The molecule has 1 aromatic carbocycles. The minimum Gasteiger partial charge on any atom is -0.496 e. The molecule has 0 heterocycles. The number of nitrogens with zero attached hydrogens (tertiary/aromatic N) is 1. The molecule has 0 saturated carbocycles. The molecule has 106 valence electrons. The van der Waals surface area contributed by atoms with Gasteiger partial charge >= 0.3 is 5.97 Å². The molecule has 1 unspecified atom stereocenters. The van der Waals surface area contributed by atoms with Crippen LogP contribution < -0.4 is 20.1 Å². The molecule has 0 bridgehead atoms. The highest BCUT2D eigenvalue weighted by atomic mass is 16.5. The van der Waals surface area contributed by atoms with E-state index < -0.39 is 12.0 Å². The van der Waals surface area contributed by atoms with Gasteiger partial charge in [-0.1, -0.05) is 0 Å². The van der Waals surface area contributed by atoms with Gasteiger partial charge in [-0.2, -0.15) is 0 Å². The Labute approximate surface area is 112 Å². The lowest BCUT2D eigenvalue weighted by atomic mass is 10.0. The molecule has 19 heavy (non-hydrogen) atoms. The summed E-state index contributed by atoms with van der Waals surface area (Å²) in [4.78, 5) is 12.7. The van der Waals surface area contributed by atoms with Crippen LogP contribution in [0.3, 0.4) is 0 Å². The van der Waals surface area contributed by atoms with Crippen molar-refractivity contribution < 1.29 is 19.4 Å². The Hall–Kier alpha value is -1.95. The highest BCUT2D eigenvalue weighted by Gasteiger charge is 2.18. The number of aliphatic carboxylic acids is 1. The second-order valence-corrected chi connectivity index (χ2v) is 4.38. The van der Waals surface area contributed by atoms with Crippen LogP contribution in [0.4, 0.5) is 5.69 Å². The molecule has 0 aliphatic heterocycles. The van der Waals surface area contributed by atoms with Crippen LogP contribution in [-0.4, -0.2) is 45.4 Å². The third kappa shape index (κ3) is 3.51. The van der Waals surface area contributed by atoms with Crippen molar-refractivity contribution in [3.63, 3.8) is 0 Å². The molecular weight excluding hydrogens is 248 g/mol. The molecule has 3 N–H and O–H groups in total. The van der Waals surface area contributed by atoms with Gasteiger partial charge in [0.25, 0.3) is 0 Å². The Morgan fingerprint density at radius 1 is 1.32 bits per heavy atom. The summed E-state index contributed by atoms with van der Waals surface area (Å²) < 4.78 is 10.6. The molecule has 1 rings (SSSR count). The summed E-state index contributed by atoms with van der Waals surface area (Å²) in [5.41, 5.74) is 7.12. The van der Waals surface area contributed by atoms with Gasteiger partial charge in [-0.15, -0.1) is 0 Å². The van der Waals surface area contributed by atoms with E-state index in [0.717, 1.165) is 5.69 Å². The van der Waals surface area contributed by atoms with E-state index in [1.54, 1.807) is 13.2 Å². The minimum absolute atomic E-state index is 0.183. The first-order chi connectivity index (χ1) is 8.90. The average molecular weight is 268 g/mol. The van der Waals surface area contributed by atoms with Crippen molar-refractivity contribution in [1.82, 2.24) is 0 Å². The van der Waals surface area contributed by atoms with Crippen LogP contribution in [0.5, 0.6) is 11.5 Å². The molecule has 1 atom stereocenters. The summed E-state index contributed by atoms with van der Waals surface area (Å²) in [6.45, 7) is 0. The normalized spacial score (nSPS) is 11.8. The van der Waals surface area contributed by atoms with Gasteiger partial charge < -0.3 is 25.2 Å². The fraction of sp³-hybridized carbons (Fsp3) is 0.462. The molecule has 0 amide bonds. The van der Waals surface area contributed by atoms with Gasteiger partial charge in [-0.3, -0.25) is 4.79 Å². The van der Waals surface area contributed by atoms with E-state index >= 15 is 0 Å². The maximum absolute atomic E-state index is 10.8. The Morgan fingerprint density at radius 3 is 2.32 bits per heavy atom. The summed E-state index contributed by atoms with van der Waals surface area (Å²) in [6, 6.07) is 2.60. The Bertz CT molecular complexity index is 460. The van der Waals surface area contributed by atoms with Crippen LogP contribution in [0.25, 0.3) is 0 Å². The summed E-state index contributed by atoms with van der Waals surface area (Å²) >= 11 is 0. The zero-order valence-electron chi connectivity index (χ0n) is 11.6. The molecule has 1 aromatic rings. The Balaban J connectivity index is 3.20. The molecule has 0 aromatic heterocycles. The number of hydrogen-bond donors (Lipinski definition) is 2. The summed E-state index contributed by atoms with van der Waals surface area (Å²) in [5.74, 6) is 0.206. The van der Waals surface area contributed by atoms with E-state index in [0.29, 0.717) is 17.1 Å². The van der Waals surface area contributed by atoms with Gasteiger partial charge in [0, 0.05) is 32.1 Å². The quantitative estimate of drug-likeness (QED) is 0.791. The lowest BCUT2D eigenvalue weighted by molar-refractivity contribution is -0.138. The Morgan fingerprint density at radius 2 is 1.89 bits per heavy atom. The number of benzene rings is 1. The van der Waals surface area contributed by atoms with E-state index in [1.807, 2.05) is 25.1 Å². The fourth-order valence-corrected chi connectivity index (χ4v) is 1.78.